The van der Waals surface area contributed by atoms with Gasteiger partial charge in [0.1, 0.15) is 6.61 Å². The Morgan fingerprint density at radius 3 is 2.57 bits per heavy atom. The van der Waals surface area contributed by atoms with E-state index in [1.165, 1.54) is 18.2 Å². The van der Waals surface area contributed by atoms with Gasteiger partial charge in [-0.15, -0.1) is 0 Å². The molecule has 1 aliphatic rings. The zero-order valence-corrected chi connectivity index (χ0v) is 17.3. The molecule has 156 valence electrons. The van der Waals surface area contributed by atoms with E-state index in [4.69, 9.17) is 14.5 Å². The molecule has 0 saturated carbocycles. The number of hydrogen-bond acceptors (Lipinski definition) is 7. The van der Waals surface area contributed by atoms with Crippen LogP contribution in [0.2, 0.25) is 0 Å². The standard InChI is InChI=1S/C21H20N2O6S/c1-27-21(24)15-10-11-18-19(17(15)13-29-28-2)16-9-6-12-22-20(16)23(18)30(25,26)14-7-4-3-5-8-14/h3-9,12H,10-11,13H2,1-2H3. The highest BCUT2D eigenvalue weighted by Crippen LogP contribution is 2.40. The summed E-state index contributed by atoms with van der Waals surface area (Å²) in [6.45, 7) is -0.0344. The van der Waals surface area contributed by atoms with Crippen molar-refractivity contribution in [3.63, 3.8) is 0 Å². The fraction of sp³-hybridized carbons (Fsp3) is 0.238. The van der Waals surface area contributed by atoms with Crippen LogP contribution in [0.3, 0.4) is 0 Å². The van der Waals surface area contributed by atoms with E-state index in [9.17, 15) is 13.2 Å². The first-order valence-corrected chi connectivity index (χ1v) is 10.7. The normalized spacial score (nSPS) is 14.1. The van der Waals surface area contributed by atoms with Gasteiger partial charge in [-0.2, -0.15) is 0 Å². The Morgan fingerprint density at radius 1 is 1.10 bits per heavy atom. The molecular weight excluding hydrogens is 408 g/mol. The zero-order chi connectivity index (χ0) is 21.3. The molecule has 0 aliphatic heterocycles. The predicted molar refractivity (Wildman–Crippen MR) is 109 cm³/mol. The highest BCUT2D eigenvalue weighted by molar-refractivity contribution is 7.90. The molecule has 0 amide bonds. The molecular formula is C21H20N2O6S. The first-order valence-electron chi connectivity index (χ1n) is 9.26. The SMILES string of the molecule is COOCC1=C(C(=O)OC)CCc2c1c1cccnc1n2S(=O)(=O)c1ccccc1. The molecule has 0 saturated heterocycles. The van der Waals surface area contributed by atoms with E-state index in [-0.39, 0.29) is 11.5 Å². The Balaban J connectivity index is 2.05. The van der Waals surface area contributed by atoms with Gasteiger partial charge in [0, 0.05) is 34.0 Å². The van der Waals surface area contributed by atoms with E-state index >= 15 is 0 Å². The Hall–Kier alpha value is -3.01. The largest absolute Gasteiger partial charge is 0.466 e. The van der Waals surface area contributed by atoms with Crippen molar-refractivity contribution in [2.75, 3.05) is 20.8 Å². The maximum atomic E-state index is 13.5. The van der Waals surface area contributed by atoms with Gasteiger partial charge >= 0.3 is 5.97 Å². The van der Waals surface area contributed by atoms with Gasteiger partial charge in [-0.1, -0.05) is 18.2 Å². The number of carbonyl (C=O) groups excluding carboxylic acids is 1. The van der Waals surface area contributed by atoms with Crippen LogP contribution in [0.5, 0.6) is 0 Å². The molecule has 1 aliphatic carbocycles. The third-order valence-corrected chi connectivity index (χ3v) is 6.84. The lowest BCUT2D eigenvalue weighted by Crippen LogP contribution is -2.21. The fourth-order valence-electron chi connectivity index (χ4n) is 3.83. The number of carbonyl (C=O) groups is 1. The van der Waals surface area contributed by atoms with E-state index in [0.29, 0.717) is 46.3 Å². The van der Waals surface area contributed by atoms with Crippen molar-refractivity contribution in [1.82, 2.24) is 8.96 Å². The number of nitrogens with zero attached hydrogens (tertiary/aromatic N) is 2. The maximum Gasteiger partial charge on any atom is 0.334 e. The van der Waals surface area contributed by atoms with Gasteiger partial charge in [-0.3, -0.25) is 0 Å². The summed E-state index contributed by atoms with van der Waals surface area (Å²) in [5, 5.41) is 0.614. The predicted octanol–water partition coefficient (Wildman–Crippen LogP) is 2.72. The molecule has 0 unspecified atom stereocenters. The van der Waals surface area contributed by atoms with Crippen molar-refractivity contribution in [3.05, 3.63) is 65.5 Å². The second-order valence-electron chi connectivity index (χ2n) is 6.66. The van der Waals surface area contributed by atoms with Crippen molar-refractivity contribution >= 4 is 32.6 Å². The molecule has 3 aromatic rings. The number of fused-ring (bicyclic) bond motifs is 3. The quantitative estimate of drug-likeness (QED) is 0.338. The minimum atomic E-state index is -3.91. The van der Waals surface area contributed by atoms with Gasteiger partial charge < -0.3 is 4.74 Å². The molecule has 0 bridgehead atoms. The molecule has 2 aromatic heterocycles. The van der Waals surface area contributed by atoms with E-state index in [1.54, 1.807) is 48.7 Å². The van der Waals surface area contributed by atoms with Gasteiger partial charge in [0.05, 0.1) is 19.1 Å². The van der Waals surface area contributed by atoms with E-state index < -0.39 is 16.0 Å². The second-order valence-corrected chi connectivity index (χ2v) is 8.44. The van der Waals surface area contributed by atoms with Crippen molar-refractivity contribution in [2.45, 2.75) is 17.7 Å². The summed E-state index contributed by atoms with van der Waals surface area (Å²) in [5.74, 6) is -0.481. The smallest absolute Gasteiger partial charge is 0.334 e. The summed E-state index contributed by atoms with van der Waals surface area (Å²) >= 11 is 0. The molecule has 9 heteroatoms. The number of hydrogen-bond donors (Lipinski definition) is 0. The number of esters is 1. The minimum absolute atomic E-state index is 0.0344. The van der Waals surface area contributed by atoms with Crippen LogP contribution in [0.25, 0.3) is 16.6 Å². The summed E-state index contributed by atoms with van der Waals surface area (Å²) in [4.78, 5) is 26.8. The van der Waals surface area contributed by atoms with E-state index in [0.717, 1.165) is 0 Å². The summed E-state index contributed by atoms with van der Waals surface area (Å²) in [7, 11) is -1.23. The number of pyridine rings is 1. The summed E-state index contributed by atoms with van der Waals surface area (Å²) in [5.41, 5.74) is 2.43. The van der Waals surface area contributed by atoms with Crippen LogP contribution in [-0.4, -0.2) is 44.2 Å². The summed E-state index contributed by atoms with van der Waals surface area (Å²) in [6.07, 6.45) is 2.18. The van der Waals surface area contributed by atoms with Gasteiger partial charge in [0.25, 0.3) is 10.0 Å². The van der Waals surface area contributed by atoms with Crippen molar-refractivity contribution in [3.8, 4) is 0 Å². The Bertz CT molecular complexity index is 1250. The highest BCUT2D eigenvalue weighted by Gasteiger charge is 2.34. The Morgan fingerprint density at radius 2 is 1.87 bits per heavy atom. The molecule has 0 atom stereocenters. The molecule has 30 heavy (non-hydrogen) atoms. The van der Waals surface area contributed by atoms with Crippen molar-refractivity contribution in [1.29, 1.82) is 0 Å². The molecule has 8 nitrogen and oxygen atoms in total. The van der Waals surface area contributed by atoms with Crippen LogP contribution < -0.4 is 0 Å². The topological polar surface area (TPSA) is 96.7 Å². The summed E-state index contributed by atoms with van der Waals surface area (Å²) in [6, 6.07) is 11.7. The lowest BCUT2D eigenvalue weighted by molar-refractivity contribution is -0.261. The monoisotopic (exact) mass is 428 g/mol. The second kappa shape index (κ2) is 8.02. The van der Waals surface area contributed by atoms with Gasteiger partial charge in [0.2, 0.25) is 0 Å². The lowest BCUT2D eigenvalue weighted by Gasteiger charge is -2.21. The van der Waals surface area contributed by atoms with Gasteiger partial charge in [0.15, 0.2) is 5.65 Å². The molecule has 4 rings (SSSR count). The van der Waals surface area contributed by atoms with Crippen LogP contribution in [0.1, 0.15) is 17.7 Å². The van der Waals surface area contributed by atoms with Crippen molar-refractivity contribution in [2.24, 2.45) is 0 Å². The highest BCUT2D eigenvalue weighted by atomic mass is 32.2. The van der Waals surface area contributed by atoms with Gasteiger partial charge in [-0.25, -0.2) is 31.9 Å². The zero-order valence-electron chi connectivity index (χ0n) is 16.5. The number of rotatable bonds is 6. The fourth-order valence-corrected chi connectivity index (χ4v) is 5.39. The molecule has 2 heterocycles. The molecule has 0 spiro atoms. The number of aromatic nitrogens is 2. The third kappa shape index (κ3) is 3.20. The average molecular weight is 428 g/mol. The van der Waals surface area contributed by atoms with Crippen LogP contribution in [-0.2, 0) is 35.8 Å². The minimum Gasteiger partial charge on any atom is -0.466 e. The van der Waals surface area contributed by atoms with Crippen LogP contribution in [0.15, 0.2) is 59.1 Å². The molecule has 0 fully saturated rings. The van der Waals surface area contributed by atoms with Crippen LogP contribution in [0, 0.1) is 0 Å². The van der Waals surface area contributed by atoms with E-state index in [1.807, 2.05) is 0 Å². The van der Waals surface area contributed by atoms with Crippen LogP contribution >= 0.6 is 0 Å². The molecule has 0 N–H and O–H groups in total. The maximum absolute atomic E-state index is 13.5. The Labute approximate surface area is 173 Å². The molecule has 0 radical (unpaired) electrons. The van der Waals surface area contributed by atoms with Crippen LogP contribution in [0.4, 0.5) is 0 Å². The first kappa shape index (κ1) is 20.3. The van der Waals surface area contributed by atoms with E-state index in [2.05, 4.69) is 4.98 Å². The average Bonchev–Trinajstić information content (AvgIpc) is 3.13. The Kier molecular flexibility index (Phi) is 5.42. The lowest BCUT2D eigenvalue weighted by atomic mass is 9.88. The number of ether oxygens (including phenoxy) is 1. The van der Waals surface area contributed by atoms with Gasteiger partial charge in [-0.05, 0) is 37.1 Å². The third-order valence-electron chi connectivity index (χ3n) is 5.09. The number of benzene rings is 1. The number of methoxy groups -OCH3 is 1. The molecule has 1 aromatic carbocycles. The summed E-state index contributed by atoms with van der Waals surface area (Å²) < 4.78 is 33.3. The van der Waals surface area contributed by atoms with Crippen molar-refractivity contribution < 1.29 is 27.7 Å². The first-order chi connectivity index (χ1) is 14.5.